The molecule has 1 amide bonds. The number of benzene rings is 2. The van der Waals surface area contributed by atoms with Gasteiger partial charge in [0.1, 0.15) is 10.8 Å². The lowest BCUT2D eigenvalue weighted by Crippen LogP contribution is -2.26. The van der Waals surface area contributed by atoms with Gasteiger partial charge in [-0.1, -0.05) is 39.0 Å². The van der Waals surface area contributed by atoms with Crippen LogP contribution in [0.1, 0.15) is 63.9 Å². The predicted molar refractivity (Wildman–Crippen MR) is 157 cm³/mol. The van der Waals surface area contributed by atoms with Crippen LogP contribution in [0.25, 0.3) is 22.2 Å². The molecule has 0 aliphatic heterocycles. The van der Waals surface area contributed by atoms with Crippen LogP contribution in [0, 0.1) is 18.3 Å². The van der Waals surface area contributed by atoms with Crippen LogP contribution < -0.4 is 10.1 Å². The van der Waals surface area contributed by atoms with Crippen molar-refractivity contribution in [2.75, 3.05) is 19.5 Å². The molecule has 2 aromatic carbocycles. The summed E-state index contributed by atoms with van der Waals surface area (Å²) in [4.78, 5) is 33.0. The van der Waals surface area contributed by atoms with Gasteiger partial charge < -0.3 is 14.8 Å². The Labute approximate surface area is 233 Å². The zero-order valence-corrected chi connectivity index (χ0v) is 24.1. The van der Waals surface area contributed by atoms with Crippen LogP contribution >= 0.6 is 11.3 Å². The largest absolute Gasteiger partial charge is 0.497 e. The Hall–Kier alpha value is -3.71. The summed E-state index contributed by atoms with van der Waals surface area (Å²) in [5.74, 6) is 0.584. The maximum absolute atomic E-state index is 14.0. The van der Waals surface area contributed by atoms with Crippen LogP contribution in [0.5, 0.6) is 5.75 Å². The summed E-state index contributed by atoms with van der Waals surface area (Å²) in [5.41, 5.74) is 5.33. The van der Waals surface area contributed by atoms with Crippen molar-refractivity contribution < 1.29 is 19.1 Å². The van der Waals surface area contributed by atoms with E-state index in [0.29, 0.717) is 22.0 Å². The highest BCUT2D eigenvalue weighted by molar-refractivity contribution is 7.17. The van der Waals surface area contributed by atoms with Gasteiger partial charge in [0.15, 0.2) is 0 Å². The van der Waals surface area contributed by atoms with E-state index in [2.05, 4.69) is 26.1 Å². The molecule has 2 heterocycles. The highest BCUT2D eigenvalue weighted by atomic mass is 32.1. The number of ether oxygens (including phenoxy) is 2. The zero-order valence-electron chi connectivity index (χ0n) is 23.3. The number of nitrogens with one attached hydrogen (secondary N) is 1. The number of anilines is 1. The molecule has 0 fully saturated rings. The highest BCUT2D eigenvalue weighted by Crippen LogP contribution is 2.45. The maximum atomic E-state index is 14.0. The van der Waals surface area contributed by atoms with E-state index in [1.54, 1.807) is 7.11 Å². The molecule has 1 atom stereocenters. The van der Waals surface area contributed by atoms with Crippen LogP contribution in [-0.2, 0) is 17.6 Å². The Balaban J connectivity index is 1.59. The second kappa shape index (κ2) is 10.5. The zero-order chi connectivity index (χ0) is 27.9. The van der Waals surface area contributed by atoms with E-state index in [9.17, 15) is 9.59 Å². The van der Waals surface area contributed by atoms with Crippen molar-refractivity contribution in [2.24, 2.45) is 11.3 Å². The number of carbonyl (C=O) groups is 2. The van der Waals surface area contributed by atoms with E-state index in [4.69, 9.17) is 14.5 Å². The molecular weight excluding hydrogens is 508 g/mol. The van der Waals surface area contributed by atoms with Crippen molar-refractivity contribution in [3.63, 3.8) is 0 Å². The first-order valence-corrected chi connectivity index (χ1v) is 14.0. The Morgan fingerprint density at radius 3 is 2.41 bits per heavy atom. The summed E-state index contributed by atoms with van der Waals surface area (Å²) in [5, 5.41) is 4.43. The topological polar surface area (TPSA) is 77.5 Å². The average molecular weight is 543 g/mol. The van der Waals surface area contributed by atoms with Crippen LogP contribution in [0.3, 0.4) is 0 Å². The summed E-state index contributed by atoms with van der Waals surface area (Å²) in [6.45, 7) is 8.70. The van der Waals surface area contributed by atoms with Crippen LogP contribution in [-0.4, -0.2) is 31.1 Å². The number of fused-ring (bicyclic) bond motifs is 2. The van der Waals surface area contributed by atoms with E-state index < -0.39 is 5.97 Å². The fourth-order valence-corrected chi connectivity index (χ4v) is 6.84. The lowest BCUT2D eigenvalue weighted by atomic mass is 9.72. The molecule has 7 heteroatoms. The van der Waals surface area contributed by atoms with E-state index in [1.165, 1.54) is 18.4 Å². The minimum Gasteiger partial charge on any atom is -0.497 e. The minimum atomic E-state index is -0.410. The summed E-state index contributed by atoms with van der Waals surface area (Å²) in [6, 6.07) is 15.3. The van der Waals surface area contributed by atoms with Crippen molar-refractivity contribution >= 4 is 39.1 Å². The van der Waals surface area contributed by atoms with Gasteiger partial charge in [0, 0.05) is 15.8 Å². The summed E-state index contributed by atoms with van der Waals surface area (Å²) >= 11 is 1.50. The van der Waals surface area contributed by atoms with Gasteiger partial charge >= 0.3 is 5.97 Å². The Morgan fingerprint density at radius 1 is 1.03 bits per heavy atom. The number of carbonyl (C=O) groups excluding carboxylic acids is 2. The predicted octanol–water partition coefficient (Wildman–Crippen LogP) is 7.47. The molecule has 1 unspecified atom stereocenters. The molecule has 0 saturated heterocycles. The number of hydrogen-bond donors (Lipinski definition) is 1. The smallest absolute Gasteiger partial charge is 0.341 e. The monoisotopic (exact) mass is 542 g/mol. The van der Waals surface area contributed by atoms with E-state index >= 15 is 0 Å². The third kappa shape index (κ3) is 5.03. The van der Waals surface area contributed by atoms with Crippen molar-refractivity contribution in [1.82, 2.24) is 4.98 Å². The molecule has 1 N–H and O–H groups in total. The quantitative estimate of drug-likeness (QED) is 0.265. The standard InChI is InChI=1S/C32H34N2O4S/c1-18-26(22-9-7-8-10-24(22)33-28(18)19-11-14-21(37-5)15-12-19)29(35)34-30-27(31(36)38-6)23-16-13-20(32(2,3)4)17-25(23)39-30/h7-12,14-15,20H,13,16-17H2,1-6H3,(H,34,35). The third-order valence-electron chi connectivity index (χ3n) is 7.83. The second-order valence-electron chi connectivity index (χ2n) is 11.2. The molecule has 39 heavy (non-hydrogen) atoms. The SMILES string of the molecule is COC(=O)c1c(NC(=O)c2c(C)c(-c3ccc(OC)cc3)nc3ccccc23)sc2c1CCC(C(C)(C)C)C2. The van der Waals surface area contributed by atoms with Gasteiger partial charge in [0.25, 0.3) is 5.91 Å². The molecule has 1 aliphatic rings. The van der Waals surface area contributed by atoms with Gasteiger partial charge in [0.05, 0.1) is 36.6 Å². The molecule has 6 nitrogen and oxygen atoms in total. The summed E-state index contributed by atoms with van der Waals surface area (Å²) in [6.07, 6.45) is 2.69. The normalized spacial score (nSPS) is 15.1. The molecule has 0 saturated carbocycles. The fourth-order valence-electron chi connectivity index (χ4n) is 5.53. The van der Waals surface area contributed by atoms with Gasteiger partial charge in [-0.3, -0.25) is 4.79 Å². The number of methoxy groups -OCH3 is 2. The first kappa shape index (κ1) is 26.9. The number of aromatic nitrogens is 1. The van der Waals surface area contributed by atoms with Gasteiger partial charge in [0.2, 0.25) is 0 Å². The molecule has 0 bridgehead atoms. The van der Waals surface area contributed by atoms with Crippen molar-refractivity contribution in [1.29, 1.82) is 0 Å². The average Bonchev–Trinajstić information content (AvgIpc) is 3.28. The number of para-hydroxylation sites is 1. The number of amides is 1. The highest BCUT2D eigenvalue weighted by Gasteiger charge is 2.34. The molecule has 2 aromatic heterocycles. The lowest BCUT2D eigenvalue weighted by molar-refractivity contribution is 0.0600. The van der Waals surface area contributed by atoms with Crippen molar-refractivity contribution in [2.45, 2.75) is 47.0 Å². The maximum Gasteiger partial charge on any atom is 0.341 e. The first-order chi connectivity index (χ1) is 18.6. The number of hydrogen-bond acceptors (Lipinski definition) is 6. The Kier molecular flexibility index (Phi) is 7.21. The van der Waals surface area contributed by atoms with Crippen molar-refractivity contribution in [3.05, 3.63) is 75.7 Å². The molecule has 202 valence electrons. The van der Waals surface area contributed by atoms with Crippen LogP contribution in [0.4, 0.5) is 5.00 Å². The number of esters is 1. The molecule has 0 radical (unpaired) electrons. The second-order valence-corrected chi connectivity index (χ2v) is 12.3. The van der Waals surface area contributed by atoms with E-state index in [0.717, 1.165) is 63.2 Å². The number of pyridine rings is 1. The molecule has 0 spiro atoms. The Bertz CT molecular complexity index is 1560. The molecule has 1 aliphatic carbocycles. The number of rotatable bonds is 5. The van der Waals surface area contributed by atoms with Gasteiger partial charge in [-0.05, 0) is 79.0 Å². The molecule has 4 aromatic rings. The Morgan fingerprint density at radius 2 is 1.74 bits per heavy atom. The van der Waals surface area contributed by atoms with Gasteiger partial charge in [-0.25, -0.2) is 9.78 Å². The summed E-state index contributed by atoms with van der Waals surface area (Å²) < 4.78 is 10.5. The third-order valence-corrected chi connectivity index (χ3v) is 9.00. The van der Waals surface area contributed by atoms with E-state index in [-0.39, 0.29) is 11.3 Å². The van der Waals surface area contributed by atoms with Gasteiger partial charge in [-0.2, -0.15) is 0 Å². The molecular formula is C32H34N2O4S. The van der Waals surface area contributed by atoms with Crippen LogP contribution in [0.15, 0.2) is 48.5 Å². The van der Waals surface area contributed by atoms with Crippen molar-refractivity contribution in [3.8, 4) is 17.0 Å². The molecule has 5 rings (SSSR count). The van der Waals surface area contributed by atoms with E-state index in [1.807, 2.05) is 55.5 Å². The number of nitrogens with zero attached hydrogens (tertiary/aromatic N) is 1. The fraction of sp³-hybridized carbons (Fsp3) is 0.344. The van der Waals surface area contributed by atoms with Gasteiger partial charge in [-0.15, -0.1) is 11.3 Å². The first-order valence-electron chi connectivity index (χ1n) is 13.2. The minimum absolute atomic E-state index is 0.168. The lowest BCUT2D eigenvalue weighted by Gasteiger charge is -2.33. The van der Waals surface area contributed by atoms with Crippen LogP contribution in [0.2, 0.25) is 0 Å². The summed E-state index contributed by atoms with van der Waals surface area (Å²) in [7, 11) is 3.02. The number of thiophene rings is 1.